The van der Waals surface area contributed by atoms with Crippen LogP contribution in [-0.2, 0) is 6.42 Å². The second-order valence-electron chi connectivity index (χ2n) is 3.93. The molecule has 106 valence electrons. The average molecular weight is 300 g/mol. The molecule has 8 heteroatoms. The van der Waals surface area contributed by atoms with Crippen molar-refractivity contribution in [2.75, 3.05) is 0 Å². The number of halogens is 6. The predicted molar refractivity (Wildman–Crippen MR) is 57.7 cm³/mol. The van der Waals surface area contributed by atoms with Gasteiger partial charge in [0.05, 0.1) is 23.3 Å². The van der Waals surface area contributed by atoms with Crippen LogP contribution in [0.4, 0.5) is 26.3 Å². The Balaban J connectivity index is 3.17. The number of benzene rings is 2. The van der Waals surface area contributed by atoms with Gasteiger partial charge in [0.1, 0.15) is 17.4 Å². The van der Waals surface area contributed by atoms with E-state index in [9.17, 15) is 26.3 Å². The monoisotopic (exact) mass is 300 g/mol. The van der Waals surface area contributed by atoms with Gasteiger partial charge in [-0.2, -0.15) is 10.5 Å². The van der Waals surface area contributed by atoms with Crippen LogP contribution in [-0.4, -0.2) is 0 Å². The van der Waals surface area contributed by atoms with Crippen LogP contribution >= 0.6 is 0 Å². The molecule has 0 aliphatic heterocycles. The first-order chi connectivity index (χ1) is 9.86. The Morgan fingerprint density at radius 3 is 1.71 bits per heavy atom. The third-order valence-corrected chi connectivity index (χ3v) is 2.85. The van der Waals surface area contributed by atoms with Crippen LogP contribution < -0.4 is 0 Å². The van der Waals surface area contributed by atoms with Gasteiger partial charge in [0, 0.05) is 5.56 Å². The number of nitrogens with zero attached hydrogens (tertiary/aromatic N) is 2. The summed E-state index contributed by atoms with van der Waals surface area (Å²) < 4.78 is 82.2. The molecule has 0 N–H and O–H groups in total. The Kier molecular flexibility index (Phi) is 3.48. The van der Waals surface area contributed by atoms with Crippen LogP contribution in [0.1, 0.15) is 11.1 Å². The van der Waals surface area contributed by atoms with E-state index in [4.69, 9.17) is 10.5 Å². The van der Waals surface area contributed by atoms with Gasteiger partial charge in [0.2, 0.25) is 0 Å². The molecule has 0 saturated heterocycles. The number of rotatable bonds is 1. The molecule has 0 bridgehead atoms. The van der Waals surface area contributed by atoms with Crippen LogP contribution in [0.25, 0.3) is 10.8 Å². The zero-order valence-electron chi connectivity index (χ0n) is 9.87. The maximum Gasteiger partial charge on any atom is 0.180 e. The van der Waals surface area contributed by atoms with Gasteiger partial charge in [-0.15, -0.1) is 0 Å². The lowest BCUT2D eigenvalue weighted by atomic mass is 9.99. The molecule has 0 aromatic heterocycles. The molecular formula is C13H2F6N2. The summed E-state index contributed by atoms with van der Waals surface area (Å²) in [6.45, 7) is 0. The van der Waals surface area contributed by atoms with E-state index in [1.54, 1.807) is 0 Å². The van der Waals surface area contributed by atoms with Crippen LogP contribution in [0.2, 0.25) is 0 Å². The minimum absolute atomic E-state index is 0.949. The molecule has 0 radical (unpaired) electrons. The summed E-state index contributed by atoms with van der Waals surface area (Å²) in [5.74, 6) is -11.6. The van der Waals surface area contributed by atoms with Crippen LogP contribution in [0, 0.1) is 57.6 Å². The third-order valence-electron chi connectivity index (χ3n) is 2.85. The summed E-state index contributed by atoms with van der Waals surface area (Å²) >= 11 is 0. The molecule has 21 heavy (non-hydrogen) atoms. The van der Waals surface area contributed by atoms with Crippen molar-refractivity contribution >= 4 is 10.8 Å². The highest BCUT2D eigenvalue weighted by molar-refractivity contribution is 5.87. The van der Waals surface area contributed by atoms with E-state index in [-0.39, 0.29) is 0 Å². The maximum absolute atomic E-state index is 13.9. The molecule has 0 fully saturated rings. The van der Waals surface area contributed by atoms with Gasteiger partial charge in [-0.25, -0.2) is 26.3 Å². The smallest absolute Gasteiger partial charge is 0.180 e. The van der Waals surface area contributed by atoms with Gasteiger partial charge in [-0.3, -0.25) is 0 Å². The van der Waals surface area contributed by atoms with E-state index >= 15 is 0 Å². The lowest BCUT2D eigenvalue weighted by Crippen LogP contribution is -2.07. The minimum Gasteiger partial charge on any atom is -0.206 e. The molecule has 0 aliphatic carbocycles. The lowest BCUT2D eigenvalue weighted by Gasteiger charge is -2.11. The van der Waals surface area contributed by atoms with E-state index in [0.29, 0.717) is 0 Å². The van der Waals surface area contributed by atoms with Crippen molar-refractivity contribution < 1.29 is 26.3 Å². The van der Waals surface area contributed by atoms with Gasteiger partial charge in [0.25, 0.3) is 0 Å². The summed E-state index contributed by atoms with van der Waals surface area (Å²) in [5.41, 5.74) is -2.64. The predicted octanol–water partition coefficient (Wildman–Crippen LogP) is 3.61. The molecule has 0 saturated carbocycles. The Morgan fingerprint density at radius 1 is 0.667 bits per heavy atom. The first-order valence-corrected chi connectivity index (χ1v) is 5.29. The second kappa shape index (κ2) is 4.98. The normalized spacial score (nSPS) is 10.5. The summed E-state index contributed by atoms with van der Waals surface area (Å²) in [5, 5.41) is 13.9. The highest BCUT2D eigenvalue weighted by Gasteiger charge is 2.29. The quantitative estimate of drug-likeness (QED) is 0.596. The van der Waals surface area contributed by atoms with Crippen molar-refractivity contribution in [3.05, 3.63) is 46.0 Å². The number of hydrogen-bond donors (Lipinski definition) is 0. The molecule has 0 spiro atoms. The third kappa shape index (κ3) is 1.88. The van der Waals surface area contributed by atoms with Crippen LogP contribution in [0.3, 0.4) is 0 Å². The molecule has 0 atom stereocenters. The fourth-order valence-electron chi connectivity index (χ4n) is 1.89. The van der Waals surface area contributed by atoms with E-state index in [1.807, 2.05) is 0 Å². The first-order valence-electron chi connectivity index (χ1n) is 5.29. The first kappa shape index (κ1) is 14.7. The molecule has 2 aromatic carbocycles. The van der Waals surface area contributed by atoms with Crippen LogP contribution in [0.5, 0.6) is 0 Å². The lowest BCUT2D eigenvalue weighted by molar-refractivity contribution is 0.473. The summed E-state index contributed by atoms with van der Waals surface area (Å²) in [6.07, 6.45) is -0.965. The number of nitriles is 2. The fraction of sp³-hybridized carbons (Fsp3) is 0.0769. The van der Waals surface area contributed by atoms with Crippen LogP contribution in [0.15, 0.2) is 0 Å². The second-order valence-corrected chi connectivity index (χ2v) is 3.93. The summed E-state index contributed by atoms with van der Waals surface area (Å²) in [4.78, 5) is 0. The van der Waals surface area contributed by atoms with Gasteiger partial charge in [-0.1, -0.05) is 0 Å². The Hall–Kier alpha value is -2.74. The van der Waals surface area contributed by atoms with Crippen molar-refractivity contribution in [3.63, 3.8) is 0 Å². The van der Waals surface area contributed by atoms with Gasteiger partial charge >= 0.3 is 0 Å². The van der Waals surface area contributed by atoms with E-state index in [2.05, 4.69) is 0 Å². The van der Waals surface area contributed by atoms with Crippen molar-refractivity contribution in [1.82, 2.24) is 0 Å². The van der Waals surface area contributed by atoms with Crippen molar-refractivity contribution in [2.24, 2.45) is 0 Å². The van der Waals surface area contributed by atoms with E-state index < -0.39 is 63.2 Å². The Morgan fingerprint density at radius 2 is 1.19 bits per heavy atom. The molecule has 0 aliphatic rings. The minimum atomic E-state index is -2.03. The zero-order chi connectivity index (χ0) is 15.9. The van der Waals surface area contributed by atoms with Crippen molar-refractivity contribution in [3.8, 4) is 12.1 Å². The molecule has 2 nitrogen and oxygen atoms in total. The molecular weight excluding hydrogens is 298 g/mol. The van der Waals surface area contributed by atoms with Gasteiger partial charge in [0.15, 0.2) is 29.1 Å². The molecule has 0 amide bonds. The Bertz CT molecular complexity index is 861. The topological polar surface area (TPSA) is 47.6 Å². The fourth-order valence-corrected chi connectivity index (χ4v) is 1.89. The average Bonchev–Trinajstić information content (AvgIpc) is 2.45. The molecule has 2 rings (SSSR count). The largest absolute Gasteiger partial charge is 0.206 e. The summed E-state index contributed by atoms with van der Waals surface area (Å²) in [6, 6.07) is 2.27. The van der Waals surface area contributed by atoms with Gasteiger partial charge < -0.3 is 0 Å². The molecule has 0 heterocycles. The highest BCUT2D eigenvalue weighted by atomic mass is 19.2. The summed E-state index contributed by atoms with van der Waals surface area (Å²) in [7, 11) is 0. The maximum atomic E-state index is 13.9. The van der Waals surface area contributed by atoms with E-state index in [0.717, 1.165) is 6.07 Å². The van der Waals surface area contributed by atoms with Crippen molar-refractivity contribution in [1.29, 1.82) is 10.5 Å². The number of hydrogen-bond acceptors (Lipinski definition) is 2. The highest BCUT2D eigenvalue weighted by Crippen LogP contribution is 2.34. The van der Waals surface area contributed by atoms with Gasteiger partial charge in [-0.05, 0) is 0 Å². The number of fused-ring (bicyclic) bond motifs is 1. The molecule has 2 aromatic rings. The SMILES string of the molecule is N#CCc1c(F)c(F)c2c(F)c(C#N)c(F)c(F)c2c1F. The standard InChI is InChI=1S/C13H2F6N2/c14-8-4(1-2-20)10(16)12(18)7-6(8)13(19)11(17)5(3-21)9(7)15/h1H2. The van der Waals surface area contributed by atoms with Crippen molar-refractivity contribution in [2.45, 2.75) is 6.42 Å². The molecule has 0 unspecified atom stereocenters. The Labute approximate surface area is 113 Å². The van der Waals surface area contributed by atoms with E-state index in [1.165, 1.54) is 6.07 Å². The zero-order valence-corrected chi connectivity index (χ0v) is 9.87.